The van der Waals surface area contributed by atoms with Crippen LogP contribution in [-0.4, -0.2) is 24.8 Å². The summed E-state index contributed by atoms with van der Waals surface area (Å²) >= 11 is 0. The van der Waals surface area contributed by atoms with Crippen LogP contribution in [0.3, 0.4) is 0 Å². The number of methoxy groups -OCH3 is 1. The van der Waals surface area contributed by atoms with Crippen LogP contribution in [0.2, 0.25) is 0 Å². The molecule has 0 aliphatic rings. The second kappa shape index (κ2) is 5.75. The number of carbonyl (C=O) groups is 1. The highest BCUT2D eigenvalue weighted by Gasteiger charge is 2.28. The van der Waals surface area contributed by atoms with E-state index >= 15 is 0 Å². The Morgan fingerprint density at radius 2 is 2.23 bits per heavy atom. The molecule has 0 aliphatic carbocycles. The van der Waals surface area contributed by atoms with Crippen molar-refractivity contribution in [3.63, 3.8) is 0 Å². The highest BCUT2D eigenvalue weighted by atomic mass is 16.5. The van der Waals surface area contributed by atoms with Gasteiger partial charge in [-0.3, -0.25) is 4.79 Å². The molecule has 0 spiro atoms. The van der Waals surface area contributed by atoms with Crippen LogP contribution in [0, 0.1) is 5.41 Å². The minimum atomic E-state index is -0.806. The van der Waals surface area contributed by atoms with E-state index in [2.05, 4.69) is 6.58 Å². The molecule has 0 bridgehead atoms. The van der Waals surface area contributed by atoms with Gasteiger partial charge < -0.3 is 9.84 Å². The molecule has 13 heavy (non-hydrogen) atoms. The fourth-order valence-electron chi connectivity index (χ4n) is 1.03. The number of rotatable bonds is 7. The fraction of sp³-hybridized carbons (Fsp3) is 0.700. The predicted octanol–water partition coefficient (Wildman–Crippen LogP) is 2.08. The lowest BCUT2D eigenvalue weighted by molar-refractivity contribution is -0.145. The summed E-state index contributed by atoms with van der Waals surface area (Å²) in [7, 11) is 1.64. The Labute approximate surface area is 79.4 Å². The van der Waals surface area contributed by atoms with E-state index in [1.807, 2.05) is 0 Å². The molecule has 1 atom stereocenters. The van der Waals surface area contributed by atoms with Crippen molar-refractivity contribution in [3.8, 4) is 0 Å². The first kappa shape index (κ1) is 12.2. The molecule has 76 valence electrons. The van der Waals surface area contributed by atoms with E-state index in [0.717, 1.165) is 12.8 Å². The molecular weight excluding hydrogens is 168 g/mol. The van der Waals surface area contributed by atoms with E-state index < -0.39 is 11.4 Å². The highest BCUT2D eigenvalue weighted by molar-refractivity contribution is 5.76. The first-order valence-electron chi connectivity index (χ1n) is 4.43. The lowest BCUT2D eigenvalue weighted by Gasteiger charge is -2.19. The molecule has 0 heterocycles. The van der Waals surface area contributed by atoms with Gasteiger partial charge in [0.05, 0.1) is 5.41 Å². The van der Waals surface area contributed by atoms with Crippen LogP contribution in [0.25, 0.3) is 0 Å². The largest absolute Gasteiger partial charge is 0.481 e. The van der Waals surface area contributed by atoms with Gasteiger partial charge in [-0.2, -0.15) is 0 Å². The van der Waals surface area contributed by atoms with Crippen LogP contribution < -0.4 is 0 Å². The first-order chi connectivity index (χ1) is 6.06. The Kier molecular flexibility index (Phi) is 5.39. The average molecular weight is 186 g/mol. The molecular formula is C10H18O3. The molecule has 0 aromatic carbocycles. The second-order valence-corrected chi connectivity index (χ2v) is 3.38. The van der Waals surface area contributed by atoms with Crippen LogP contribution in [0.4, 0.5) is 0 Å². The van der Waals surface area contributed by atoms with Gasteiger partial charge in [0, 0.05) is 13.7 Å². The van der Waals surface area contributed by atoms with Crippen molar-refractivity contribution in [2.45, 2.75) is 26.2 Å². The molecule has 3 heteroatoms. The Balaban J connectivity index is 3.85. The maximum Gasteiger partial charge on any atom is 0.313 e. The molecule has 0 radical (unpaired) electrons. The predicted molar refractivity (Wildman–Crippen MR) is 51.7 cm³/mol. The minimum absolute atomic E-state index is 0.620. The minimum Gasteiger partial charge on any atom is -0.481 e. The number of hydrogen-bond acceptors (Lipinski definition) is 2. The van der Waals surface area contributed by atoms with Gasteiger partial charge in [-0.25, -0.2) is 0 Å². The molecule has 0 amide bonds. The summed E-state index contributed by atoms with van der Waals surface area (Å²) in [5, 5.41) is 8.89. The van der Waals surface area contributed by atoms with Gasteiger partial charge in [-0.1, -0.05) is 6.08 Å². The van der Waals surface area contributed by atoms with Crippen molar-refractivity contribution in [2.24, 2.45) is 5.41 Å². The van der Waals surface area contributed by atoms with E-state index in [-0.39, 0.29) is 0 Å². The lowest BCUT2D eigenvalue weighted by atomic mass is 9.85. The van der Waals surface area contributed by atoms with Crippen molar-refractivity contribution < 1.29 is 14.6 Å². The van der Waals surface area contributed by atoms with Crippen LogP contribution in [0.1, 0.15) is 26.2 Å². The van der Waals surface area contributed by atoms with Gasteiger partial charge in [-0.05, 0) is 26.2 Å². The number of hydrogen-bond donors (Lipinski definition) is 1. The molecule has 0 aromatic heterocycles. The SMILES string of the molecule is C=CC(C)(CCCCOC)C(=O)O. The monoisotopic (exact) mass is 186 g/mol. The Bertz CT molecular complexity index is 177. The summed E-state index contributed by atoms with van der Waals surface area (Å²) in [4.78, 5) is 10.8. The van der Waals surface area contributed by atoms with Crippen LogP contribution in [-0.2, 0) is 9.53 Å². The molecule has 0 aromatic rings. The number of carboxylic acids is 1. The lowest BCUT2D eigenvalue weighted by Crippen LogP contribution is -2.24. The van der Waals surface area contributed by atoms with E-state index in [4.69, 9.17) is 9.84 Å². The zero-order valence-electron chi connectivity index (χ0n) is 8.38. The first-order valence-corrected chi connectivity index (χ1v) is 4.43. The summed E-state index contributed by atoms with van der Waals surface area (Å²) < 4.78 is 4.88. The Morgan fingerprint density at radius 1 is 1.62 bits per heavy atom. The summed E-state index contributed by atoms with van der Waals surface area (Å²) in [5.74, 6) is -0.806. The normalized spacial score (nSPS) is 14.9. The molecule has 0 aliphatic heterocycles. The number of aliphatic carboxylic acids is 1. The highest BCUT2D eigenvalue weighted by Crippen LogP contribution is 2.25. The third-order valence-corrected chi connectivity index (χ3v) is 2.23. The molecule has 1 unspecified atom stereocenters. The van der Waals surface area contributed by atoms with Gasteiger partial charge in [0.1, 0.15) is 0 Å². The van der Waals surface area contributed by atoms with Gasteiger partial charge in [0.15, 0.2) is 0 Å². The van der Waals surface area contributed by atoms with Gasteiger partial charge in [-0.15, -0.1) is 6.58 Å². The Morgan fingerprint density at radius 3 is 2.62 bits per heavy atom. The van der Waals surface area contributed by atoms with Crippen LogP contribution in [0.5, 0.6) is 0 Å². The van der Waals surface area contributed by atoms with Gasteiger partial charge in [0.25, 0.3) is 0 Å². The zero-order valence-corrected chi connectivity index (χ0v) is 8.38. The van der Waals surface area contributed by atoms with Crippen LogP contribution >= 0.6 is 0 Å². The Hall–Kier alpha value is -0.830. The quantitative estimate of drug-likeness (QED) is 0.489. The van der Waals surface area contributed by atoms with Crippen LogP contribution in [0.15, 0.2) is 12.7 Å². The van der Waals surface area contributed by atoms with Crippen molar-refractivity contribution in [3.05, 3.63) is 12.7 Å². The fourth-order valence-corrected chi connectivity index (χ4v) is 1.03. The molecule has 0 fully saturated rings. The smallest absolute Gasteiger partial charge is 0.313 e. The topological polar surface area (TPSA) is 46.5 Å². The van der Waals surface area contributed by atoms with Crippen molar-refractivity contribution in [1.29, 1.82) is 0 Å². The number of ether oxygens (including phenoxy) is 1. The van der Waals surface area contributed by atoms with Crippen molar-refractivity contribution in [1.82, 2.24) is 0 Å². The van der Waals surface area contributed by atoms with E-state index in [1.54, 1.807) is 14.0 Å². The summed E-state index contributed by atoms with van der Waals surface area (Å²) in [6.45, 7) is 5.92. The van der Waals surface area contributed by atoms with Gasteiger partial charge in [0.2, 0.25) is 0 Å². The summed E-state index contributed by atoms with van der Waals surface area (Å²) in [6, 6.07) is 0. The standard InChI is InChI=1S/C10H18O3/c1-4-10(2,9(11)12)7-5-6-8-13-3/h4H,1,5-8H2,2-3H3,(H,11,12). The summed E-state index contributed by atoms with van der Waals surface area (Å²) in [6.07, 6.45) is 3.87. The zero-order chi connectivity index (χ0) is 10.3. The molecule has 1 N–H and O–H groups in total. The third kappa shape index (κ3) is 4.08. The van der Waals surface area contributed by atoms with E-state index in [0.29, 0.717) is 13.0 Å². The molecule has 3 nitrogen and oxygen atoms in total. The van der Waals surface area contributed by atoms with E-state index in [9.17, 15) is 4.79 Å². The van der Waals surface area contributed by atoms with E-state index in [1.165, 1.54) is 6.08 Å². The van der Waals surface area contributed by atoms with Crippen molar-refractivity contribution in [2.75, 3.05) is 13.7 Å². The second-order valence-electron chi connectivity index (χ2n) is 3.38. The average Bonchev–Trinajstić information content (AvgIpc) is 2.12. The maximum atomic E-state index is 10.8. The number of carboxylic acid groups (broad SMARTS) is 1. The molecule has 0 saturated carbocycles. The van der Waals surface area contributed by atoms with Crippen molar-refractivity contribution >= 4 is 5.97 Å². The molecule has 0 saturated heterocycles. The maximum absolute atomic E-state index is 10.8. The summed E-state index contributed by atoms with van der Waals surface area (Å²) in [5.41, 5.74) is -0.784. The third-order valence-electron chi connectivity index (χ3n) is 2.23. The van der Waals surface area contributed by atoms with Gasteiger partial charge >= 0.3 is 5.97 Å². The number of unbranched alkanes of at least 4 members (excludes halogenated alkanes) is 1. The molecule has 0 rings (SSSR count).